The maximum atomic E-state index is 12.5. The van der Waals surface area contributed by atoms with E-state index >= 15 is 0 Å². The monoisotopic (exact) mass is 492 g/mol. The van der Waals surface area contributed by atoms with Gasteiger partial charge in [0.15, 0.2) is 15.8 Å². The van der Waals surface area contributed by atoms with Gasteiger partial charge in [-0.1, -0.05) is 71.6 Å². The molecule has 0 saturated carbocycles. The number of carbonyl (C=O) groups excluding carboxylic acids is 2. The third-order valence-electron chi connectivity index (χ3n) is 5.14. The first-order chi connectivity index (χ1) is 16.6. The third-order valence-corrected chi connectivity index (χ3v) is 7.11. The molecule has 1 aliphatic heterocycles. The molecule has 0 saturated heterocycles. The molecule has 0 spiro atoms. The van der Waals surface area contributed by atoms with Crippen LogP contribution >= 0.6 is 23.1 Å². The number of aromatic nitrogens is 2. The Bertz CT molecular complexity index is 1350. The van der Waals surface area contributed by atoms with Crippen molar-refractivity contribution in [1.29, 1.82) is 0 Å². The molecular weight excluding hydrogens is 472 g/mol. The molecule has 1 aromatic heterocycles. The first-order valence-corrected chi connectivity index (χ1v) is 12.3. The first kappa shape index (κ1) is 22.2. The normalized spacial score (nSPS) is 12.0. The van der Waals surface area contributed by atoms with Gasteiger partial charge in [0.1, 0.15) is 0 Å². The molecule has 2 heterocycles. The molecule has 10 heteroatoms. The van der Waals surface area contributed by atoms with Gasteiger partial charge in [0.2, 0.25) is 23.7 Å². The van der Waals surface area contributed by atoms with Crippen molar-refractivity contribution in [3.05, 3.63) is 71.8 Å². The van der Waals surface area contributed by atoms with Gasteiger partial charge >= 0.3 is 0 Å². The number of fused-ring (bicyclic) bond motifs is 2. The molecule has 2 N–H and O–H groups in total. The molecule has 0 bridgehead atoms. The van der Waals surface area contributed by atoms with Crippen molar-refractivity contribution in [3.8, 4) is 11.5 Å². The van der Waals surface area contributed by atoms with Gasteiger partial charge in [-0.15, -0.1) is 10.2 Å². The molecule has 0 unspecified atom stereocenters. The van der Waals surface area contributed by atoms with E-state index in [4.69, 9.17) is 9.47 Å². The van der Waals surface area contributed by atoms with Crippen LogP contribution in [0.15, 0.2) is 65.0 Å². The van der Waals surface area contributed by atoms with E-state index in [2.05, 4.69) is 20.8 Å². The summed E-state index contributed by atoms with van der Waals surface area (Å²) in [6, 6.07) is 19.5. The summed E-state index contributed by atoms with van der Waals surface area (Å²) in [6.07, 6.45) is 0.242. The van der Waals surface area contributed by atoms with Gasteiger partial charge in [-0.2, -0.15) is 0 Å². The predicted octanol–water partition coefficient (Wildman–Crippen LogP) is 4.01. The summed E-state index contributed by atoms with van der Waals surface area (Å²) in [5, 5.41) is 16.3. The average molecular weight is 493 g/mol. The molecule has 34 heavy (non-hydrogen) atoms. The number of hydrogen-bond acceptors (Lipinski definition) is 8. The van der Waals surface area contributed by atoms with Crippen LogP contribution in [0.2, 0.25) is 0 Å². The zero-order valence-electron chi connectivity index (χ0n) is 17.9. The molecule has 1 aliphatic rings. The van der Waals surface area contributed by atoms with E-state index in [0.717, 1.165) is 21.9 Å². The number of benzene rings is 3. The molecule has 5 rings (SSSR count). The SMILES string of the molecule is O=C(CSc1nnc(NC(=O)Cc2cccc3ccccc23)s1)NCc1ccc2c(c1)OCO2. The largest absolute Gasteiger partial charge is 0.454 e. The van der Waals surface area contributed by atoms with Crippen LogP contribution in [0.5, 0.6) is 11.5 Å². The van der Waals surface area contributed by atoms with Crippen LogP contribution in [0.4, 0.5) is 5.13 Å². The number of thioether (sulfide) groups is 1. The summed E-state index contributed by atoms with van der Waals surface area (Å²) in [5.74, 6) is 1.31. The molecular formula is C24H20N4O4S2. The van der Waals surface area contributed by atoms with Gasteiger partial charge in [0.05, 0.1) is 12.2 Å². The Hall–Kier alpha value is -3.63. The lowest BCUT2D eigenvalue weighted by Gasteiger charge is -2.06. The summed E-state index contributed by atoms with van der Waals surface area (Å²) >= 11 is 2.52. The van der Waals surface area contributed by atoms with E-state index in [1.807, 2.05) is 60.7 Å². The first-order valence-electron chi connectivity index (χ1n) is 10.5. The second-order valence-electron chi connectivity index (χ2n) is 7.49. The number of ether oxygens (including phenoxy) is 2. The highest BCUT2D eigenvalue weighted by molar-refractivity contribution is 8.01. The number of carbonyl (C=O) groups is 2. The lowest BCUT2D eigenvalue weighted by Crippen LogP contribution is -2.24. The second-order valence-corrected chi connectivity index (χ2v) is 9.69. The predicted molar refractivity (Wildman–Crippen MR) is 131 cm³/mol. The fraction of sp³-hybridized carbons (Fsp3) is 0.167. The van der Waals surface area contributed by atoms with E-state index in [9.17, 15) is 9.59 Å². The zero-order chi connectivity index (χ0) is 23.3. The quantitative estimate of drug-likeness (QED) is 0.283. The molecule has 3 aromatic carbocycles. The van der Waals surface area contributed by atoms with Crippen molar-refractivity contribution in [2.24, 2.45) is 0 Å². The van der Waals surface area contributed by atoms with Crippen molar-refractivity contribution in [2.45, 2.75) is 17.3 Å². The molecule has 172 valence electrons. The Morgan fingerprint density at radius 1 is 0.971 bits per heavy atom. The molecule has 8 nitrogen and oxygen atoms in total. The summed E-state index contributed by atoms with van der Waals surface area (Å²) in [4.78, 5) is 24.7. The summed E-state index contributed by atoms with van der Waals surface area (Å²) < 4.78 is 11.2. The van der Waals surface area contributed by atoms with Crippen LogP contribution in [-0.2, 0) is 22.6 Å². The van der Waals surface area contributed by atoms with Crippen LogP contribution in [0.3, 0.4) is 0 Å². The molecule has 0 aliphatic carbocycles. The van der Waals surface area contributed by atoms with E-state index in [1.54, 1.807) is 0 Å². The van der Waals surface area contributed by atoms with Crippen LogP contribution in [0.1, 0.15) is 11.1 Å². The number of nitrogens with zero attached hydrogens (tertiary/aromatic N) is 2. The van der Waals surface area contributed by atoms with Crippen LogP contribution < -0.4 is 20.1 Å². The lowest BCUT2D eigenvalue weighted by molar-refractivity contribution is -0.118. The van der Waals surface area contributed by atoms with Crippen LogP contribution in [-0.4, -0.2) is 34.6 Å². The summed E-state index contributed by atoms with van der Waals surface area (Å²) in [6.45, 7) is 0.608. The third kappa shape index (κ3) is 5.29. The number of nitrogens with one attached hydrogen (secondary N) is 2. The van der Waals surface area contributed by atoms with Gasteiger partial charge < -0.3 is 20.1 Å². The van der Waals surface area contributed by atoms with Crippen molar-refractivity contribution in [1.82, 2.24) is 15.5 Å². The van der Waals surface area contributed by atoms with Crippen LogP contribution in [0, 0.1) is 0 Å². The van der Waals surface area contributed by atoms with E-state index in [-0.39, 0.29) is 30.8 Å². The lowest BCUT2D eigenvalue weighted by atomic mass is 10.0. The fourth-order valence-corrected chi connectivity index (χ4v) is 5.13. The van der Waals surface area contributed by atoms with Gasteiger partial charge in [0, 0.05) is 6.54 Å². The highest BCUT2D eigenvalue weighted by Crippen LogP contribution is 2.32. The van der Waals surface area contributed by atoms with Gasteiger partial charge in [-0.25, -0.2) is 0 Å². The Morgan fingerprint density at radius 2 is 1.82 bits per heavy atom. The van der Waals surface area contributed by atoms with Crippen molar-refractivity contribution in [3.63, 3.8) is 0 Å². The van der Waals surface area contributed by atoms with Gasteiger partial charge in [-0.3, -0.25) is 9.59 Å². The Morgan fingerprint density at radius 3 is 2.76 bits per heavy atom. The Kier molecular flexibility index (Phi) is 6.59. The molecule has 2 amide bonds. The second kappa shape index (κ2) is 10.1. The van der Waals surface area contributed by atoms with Gasteiger partial charge in [0.25, 0.3) is 0 Å². The number of anilines is 1. The minimum Gasteiger partial charge on any atom is -0.454 e. The topological polar surface area (TPSA) is 102 Å². The highest BCUT2D eigenvalue weighted by atomic mass is 32.2. The van der Waals surface area contributed by atoms with Gasteiger partial charge in [-0.05, 0) is 34.0 Å². The fourth-order valence-electron chi connectivity index (χ4n) is 3.53. The number of amides is 2. The minimum absolute atomic E-state index is 0.126. The summed E-state index contributed by atoms with van der Waals surface area (Å²) in [7, 11) is 0. The molecule has 0 fully saturated rings. The molecule has 0 atom stereocenters. The molecule has 4 aromatic rings. The minimum atomic E-state index is -0.162. The van der Waals surface area contributed by atoms with Crippen LogP contribution in [0.25, 0.3) is 10.8 Å². The van der Waals surface area contributed by atoms with Crippen molar-refractivity contribution in [2.75, 3.05) is 17.9 Å². The standard InChI is InChI=1S/C24H20N4O4S2/c29-21(11-17-6-3-5-16-4-1-2-7-18(16)17)26-23-27-28-24(34-23)33-13-22(30)25-12-15-8-9-19-20(10-15)32-14-31-19/h1-10H,11-14H2,(H,25,30)(H,26,27,29). The zero-order valence-corrected chi connectivity index (χ0v) is 19.6. The smallest absolute Gasteiger partial charge is 0.231 e. The van der Waals surface area contributed by atoms with E-state index in [0.29, 0.717) is 27.5 Å². The van der Waals surface area contributed by atoms with E-state index in [1.165, 1.54) is 23.1 Å². The average Bonchev–Trinajstić information content (AvgIpc) is 3.50. The number of hydrogen-bond donors (Lipinski definition) is 2. The highest BCUT2D eigenvalue weighted by Gasteiger charge is 2.14. The maximum absolute atomic E-state index is 12.5. The van der Waals surface area contributed by atoms with Crippen molar-refractivity contribution >= 4 is 50.8 Å². The maximum Gasteiger partial charge on any atom is 0.231 e. The Labute approximate surface area is 203 Å². The van der Waals surface area contributed by atoms with Crippen molar-refractivity contribution < 1.29 is 19.1 Å². The Balaban J connectivity index is 1.09. The summed E-state index contributed by atoms with van der Waals surface area (Å²) in [5.41, 5.74) is 1.88. The molecule has 0 radical (unpaired) electrons. The van der Waals surface area contributed by atoms with E-state index < -0.39 is 0 Å². The number of rotatable bonds is 8.